The second-order valence-corrected chi connectivity index (χ2v) is 6.07. The number of aryl methyl sites for hydroxylation is 1. The van der Waals surface area contributed by atoms with Gasteiger partial charge in [0.2, 0.25) is 0 Å². The number of ether oxygens (including phenoxy) is 1. The highest BCUT2D eigenvalue weighted by atomic mass is 16.5. The molecule has 0 aliphatic rings. The van der Waals surface area contributed by atoms with Crippen molar-refractivity contribution in [1.29, 1.82) is 0 Å². The van der Waals surface area contributed by atoms with E-state index in [-0.39, 0.29) is 16.9 Å². The van der Waals surface area contributed by atoms with Crippen LogP contribution in [0.25, 0.3) is 23.3 Å². The van der Waals surface area contributed by atoms with E-state index in [0.29, 0.717) is 6.61 Å². The zero-order valence-electron chi connectivity index (χ0n) is 15.1. The highest BCUT2D eigenvalue weighted by Crippen LogP contribution is 2.14. The van der Waals surface area contributed by atoms with Crippen molar-refractivity contribution in [2.75, 3.05) is 6.61 Å². The molecule has 8 heteroatoms. The van der Waals surface area contributed by atoms with Crippen LogP contribution in [0.5, 0.6) is 5.75 Å². The largest absolute Gasteiger partial charge is 0.494 e. The maximum absolute atomic E-state index is 12.2. The van der Waals surface area contributed by atoms with Gasteiger partial charge in [-0.05, 0) is 30.2 Å². The molecule has 0 saturated carbocycles. The lowest BCUT2D eigenvalue weighted by Crippen LogP contribution is -2.31. The number of nitrogens with one attached hydrogen (secondary N) is 2. The Kier molecular flexibility index (Phi) is 5.35. The van der Waals surface area contributed by atoms with Crippen molar-refractivity contribution in [3.8, 4) is 5.75 Å². The molecule has 8 nitrogen and oxygen atoms in total. The maximum Gasteiger partial charge on any atom is 0.329 e. The van der Waals surface area contributed by atoms with E-state index < -0.39 is 16.8 Å². The molecule has 1 aromatic carbocycles. The van der Waals surface area contributed by atoms with Crippen molar-refractivity contribution in [2.45, 2.75) is 19.8 Å². The van der Waals surface area contributed by atoms with Crippen molar-refractivity contribution in [3.05, 3.63) is 66.7 Å². The minimum atomic E-state index is -0.646. The molecule has 2 heterocycles. The fraction of sp³-hybridized carbons (Fsp3) is 0.263. The van der Waals surface area contributed by atoms with Gasteiger partial charge in [0.25, 0.3) is 11.1 Å². The average Bonchev–Trinajstić information content (AvgIpc) is 2.66. The lowest BCUT2D eigenvalue weighted by molar-refractivity contribution is 0.309. The van der Waals surface area contributed by atoms with Gasteiger partial charge in [0.1, 0.15) is 17.1 Å². The average molecular weight is 368 g/mol. The monoisotopic (exact) mass is 368 g/mol. The van der Waals surface area contributed by atoms with Crippen LogP contribution in [-0.4, -0.2) is 26.1 Å². The van der Waals surface area contributed by atoms with Crippen LogP contribution in [0.4, 0.5) is 0 Å². The first kappa shape index (κ1) is 18.4. The van der Waals surface area contributed by atoms with Crippen molar-refractivity contribution < 1.29 is 4.74 Å². The molecule has 0 saturated heterocycles. The number of H-pyrrole nitrogens is 2. The zero-order valence-corrected chi connectivity index (χ0v) is 15.1. The predicted octanol–water partition coefficient (Wildman–Crippen LogP) is 1.66. The number of nitrogens with zero attached hydrogens (tertiary/aromatic N) is 2. The first-order valence-corrected chi connectivity index (χ1v) is 8.64. The Morgan fingerprint density at radius 1 is 1.07 bits per heavy atom. The topological polar surface area (TPSA) is 110 Å². The van der Waals surface area contributed by atoms with Gasteiger partial charge < -0.3 is 9.72 Å². The Labute approximate surface area is 154 Å². The third kappa shape index (κ3) is 4.05. The van der Waals surface area contributed by atoms with E-state index in [0.717, 1.165) is 28.7 Å². The summed E-state index contributed by atoms with van der Waals surface area (Å²) in [7, 11) is 1.44. The highest BCUT2D eigenvalue weighted by molar-refractivity contribution is 5.73. The summed E-state index contributed by atoms with van der Waals surface area (Å²) < 4.78 is 6.74. The fourth-order valence-electron chi connectivity index (χ4n) is 2.50. The molecule has 0 aliphatic carbocycles. The number of rotatable bonds is 6. The molecule has 3 aromatic rings. The lowest BCUT2D eigenvalue weighted by atomic mass is 10.2. The molecule has 140 valence electrons. The number of hydrogen-bond acceptors (Lipinski definition) is 5. The molecule has 0 bridgehead atoms. The van der Waals surface area contributed by atoms with Gasteiger partial charge in [-0.25, -0.2) is 9.78 Å². The van der Waals surface area contributed by atoms with Gasteiger partial charge >= 0.3 is 5.69 Å². The van der Waals surface area contributed by atoms with Crippen LogP contribution < -0.4 is 21.5 Å². The molecule has 2 N–H and O–H groups in total. The van der Waals surface area contributed by atoms with Crippen LogP contribution in [0.2, 0.25) is 0 Å². The highest BCUT2D eigenvalue weighted by Gasteiger charge is 2.09. The number of fused-ring (bicyclic) bond motifs is 1. The van der Waals surface area contributed by atoms with Crippen LogP contribution in [0.1, 0.15) is 31.0 Å². The van der Waals surface area contributed by atoms with Gasteiger partial charge in [0.15, 0.2) is 5.52 Å². The molecule has 0 aliphatic heterocycles. The van der Waals surface area contributed by atoms with Crippen LogP contribution in [0.15, 0.2) is 38.6 Å². The number of unbranched alkanes of at least 4 members (excludes halogenated alkanes) is 1. The summed E-state index contributed by atoms with van der Waals surface area (Å²) in [6, 6.07) is 7.44. The number of hydrogen-bond donors (Lipinski definition) is 2. The van der Waals surface area contributed by atoms with Crippen LogP contribution in [0.3, 0.4) is 0 Å². The molecule has 0 spiro atoms. The quantitative estimate of drug-likeness (QED) is 0.643. The zero-order chi connectivity index (χ0) is 19.4. The summed E-state index contributed by atoms with van der Waals surface area (Å²) in [5.74, 6) is 0.787. The summed E-state index contributed by atoms with van der Waals surface area (Å²) >= 11 is 0. The normalized spacial score (nSPS) is 11.3. The standard InChI is InChI=1S/C19H20N4O4/c1-3-4-11-27-13-8-5-12(6-9-13)7-10-14-17(24)21-16-15(20-14)18(25)22-19(26)23(16)2/h5-10H,3-4,11H2,1-2H3,(H,21,24)(H,22,25,26)/b10-7+. The molecular formula is C19H20N4O4. The summed E-state index contributed by atoms with van der Waals surface area (Å²) in [5.41, 5.74) is -0.736. The van der Waals surface area contributed by atoms with Gasteiger partial charge in [-0.1, -0.05) is 31.6 Å². The molecule has 0 radical (unpaired) electrons. The third-order valence-electron chi connectivity index (χ3n) is 4.08. The van der Waals surface area contributed by atoms with E-state index >= 15 is 0 Å². The third-order valence-corrected chi connectivity index (χ3v) is 4.08. The predicted molar refractivity (Wildman–Crippen MR) is 104 cm³/mol. The van der Waals surface area contributed by atoms with Gasteiger partial charge in [-0.15, -0.1) is 0 Å². The Morgan fingerprint density at radius 2 is 1.81 bits per heavy atom. The minimum absolute atomic E-state index is 0.00368. The first-order chi connectivity index (χ1) is 13.0. The summed E-state index contributed by atoms with van der Waals surface area (Å²) in [4.78, 5) is 44.6. The summed E-state index contributed by atoms with van der Waals surface area (Å²) in [6.07, 6.45) is 5.32. The Bertz CT molecular complexity index is 1150. The SMILES string of the molecule is CCCCOc1ccc(/C=C/c2nc3c(=O)[nH]c(=O)n(C)c3[nH]c2=O)cc1. The van der Waals surface area contributed by atoms with E-state index in [1.807, 2.05) is 24.3 Å². The van der Waals surface area contributed by atoms with E-state index in [4.69, 9.17) is 4.74 Å². The van der Waals surface area contributed by atoms with Gasteiger partial charge in [0, 0.05) is 7.05 Å². The Morgan fingerprint density at radius 3 is 2.52 bits per heavy atom. The molecule has 27 heavy (non-hydrogen) atoms. The second-order valence-electron chi connectivity index (χ2n) is 6.07. The van der Waals surface area contributed by atoms with Gasteiger partial charge in [0.05, 0.1) is 6.61 Å². The minimum Gasteiger partial charge on any atom is -0.494 e. The lowest BCUT2D eigenvalue weighted by Gasteiger charge is -2.05. The van der Waals surface area contributed by atoms with E-state index in [9.17, 15) is 14.4 Å². The van der Waals surface area contributed by atoms with Gasteiger partial charge in [-0.2, -0.15) is 0 Å². The summed E-state index contributed by atoms with van der Waals surface area (Å²) in [5, 5.41) is 0. The number of aromatic nitrogens is 4. The molecule has 0 atom stereocenters. The molecule has 0 fully saturated rings. The van der Waals surface area contributed by atoms with Crippen LogP contribution >= 0.6 is 0 Å². The van der Waals surface area contributed by atoms with Crippen molar-refractivity contribution in [3.63, 3.8) is 0 Å². The Hall–Kier alpha value is -3.42. The molecule has 2 aromatic heterocycles. The van der Waals surface area contributed by atoms with Crippen molar-refractivity contribution >= 4 is 23.3 Å². The second kappa shape index (κ2) is 7.86. The van der Waals surface area contributed by atoms with E-state index in [2.05, 4.69) is 21.9 Å². The smallest absolute Gasteiger partial charge is 0.329 e. The van der Waals surface area contributed by atoms with Crippen LogP contribution in [-0.2, 0) is 7.05 Å². The Balaban J connectivity index is 1.88. The fourth-order valence-corrected chi connectivity index (χ4v) is 2.50. The maximum atomic E-state index is 12.2. The molecular weight excluding hydrogens is 348 g/mol. The molecule has 0 unspecified atom stereocenters. The van der Waals surface area contributed by atoms with Gasteiger partial charge in [-0.3, -0.25) is 19.1 Å². The number of benzene rings is 1. The summed E-state index contributed by atoms with van der Waals surface area (Å²) in [6.45, 7) is 2.78. The van der Waals surface area contributed by atoms with Crippen molar-refractivity contribution in [2.24, 2.45) is 7.05 Å². The molecule has 3 rings (SSSR count). The number of aromatic amines is 2. The van der Waals surface area contributed by atoms with Crippen molar-refractivity contribution in [1.82, 2.24) is 19.5 Å². The van der Waals surface area contributed by atoms with Crippen LogP contribution in [0, 0.1) is 0 Å². The van der Waals surface area contributed by atoms with E-state index in [1.54, 1.807) is 6.08 Å². The molecule has 0 amide bonds. The van der Waals surface area contributed by atoms with E-state index in [1.165, 1.54) is 13.1 Å². The first-order valence-electron chi connectivity index (χ1n) is 8.64.